The van der Waals surface area contributed by atoms with Gasteiger partial charge in [0.15, 0.2) is 0 Å². The number of piperidine rings is 1. The molecule has 0 aromatic heterocycles. The summed E-state index contributed by atoms with van der Waals surface area (Å²) in [4.78, 5) is 29.3. The fourth-order valence-electron chi connectivity index (χ4n) is 2.97. The van der Waals surface area contributed by atoms with E-state index in [1.54, 1.807) is 4.90 Å². The molecule has 2 aliphatic rings. The van der Waals surface area contributed by atoms with Crippen molar-refractivity contribution in [2.75, 3.05) is 52.4 Å². The van der Waals surface area contributed by atoms with Crippen molar-refractivity contribution < 1.29 is 14.7 Å². The van der Waals surface area contributed by atoms with Gasteiger partial charge in [-0.3, -0.25) is 9.69 Å². The lowest BCUT2D eigenvalue weighted by atomic mass is 9.96. The van der Waals surface area contributed by atoms with Crippen LogP contribution >= 0.6 is 0 Å². The van der Waals surface area contributed by atoms with Gasteiger partial charge in [0.05, 0.1) is 12.5 Å². The Hall–Kier alpha value is -1.34. The van der Waals surface area contributed by atoms with Crippen molar-refractivity contribution in [1.29, 1.82) is 0 Å². The van der Waals surface area contributed by atoms with Crippen molar-refractivity contribution in [1.82, 2.24) is 14.7 Å². The van der Waals surface area contributed by atoms with Crippen LogP contribution in [0.4, 0.5) is 4.79 Å². The van der Waals surface area contributed by atoms with Gasteiger partial charge in [0.25, 0.3) is 0 Å². The van der Waals surface area contributed by atoms with Gasteiger partial charge < -0.3 is 20.6 Å². The number of hydrogen-bond acceptors (Lipinski definition) is 4. The Bertz CT molecular complexity index is 356. The standard InChI is InChI=1S/C13H24N4O3/c14-13(20)17-3-1-2-11(10-17)12(19)16-6-4-15(5-7-16)8-9-18/h11,18H,1-10H2,(H2,14,20). The third kappa shape index (κ3) is 3.61. The van der Waals surface area contributed by atoms with Crippen molar-refractivity contribution >= 4 is 11.9 Å². The van der Waals surface area contributed by atoms with Gasteiger partial charge >= 0.3 is 6.03 Å². The number of hydrogen-bond donors (Lipinski definition) is 2. The maximum absolute atomic E-state index is 12.5. The van der Waals surface area contributed by atoms with Gasteiger partial charge in [-0.25, -0.2) is 4.79 Å². The zero-order valence-electron chi connectivity index (χ0n) is 11.8. The molecule has 3 amide bonds. The van der Waals surface area contributed by atoms with Gasteiger partial charge in [-0.1, -0.05) is 0 Å². The number of piperazine rings is 1. The number of nitrogens with zero attached hydrogens (tertiary/aromatic N) is 3. The van der Waals surface area contributed by atoms with E-state index in [1.807, 2.05) is 4.90 Å². The summed E-state index contributed by atoms with van der Waals surface area (Å²) >= 11 is 0. The molecule has 2 aliphatic heterocycles. The zero-order chi connectivity index (χ0) is 14.5. The van der Waals surface area contributed by atoms with Gasteiger partial charge in [-0.2, -0.15) is 0 Å². The Balaban J connectivity index is 1.84. The molecule has 2 rings (SSSR count). The largest absolute Gasteiger partial charge is 0.395 e. The van der Waals surface area contributed by atoms with Crippen molar-refractivity contribution in [2.45, 2.75) is 12.8 Å². The van der Waals surface area contributed by atoms with Crippen LogP contribution in [0.15, 0.2) is 0 Å². The van der Waals surface area contributed by atoms with E-state index in [0.29, 0.717) is 32.7 Å². The van der Waals surface area contributed by atoms with E-state index in [1.165, 1.54) is 0 Å². The van der Waals surface area contributed by atoms with Gasteiger partial charge in [0.2, 0.25) is 5.91 Å². The van der Waals surface area contributed by atoms with E-state index in [4.69, 9.17) is 10.8 Å². The minimum Gasteiger partial charge on any atom is -0.395 e. The summed E-state index contributed by atoms with van der Waals surface area (Å²) in [5, 5.41) is 8.91. The van der Waals surface area contributed by atoms with Crippen molar-refractivity contribution in [3.63, 3.8) is 0 Å². The monoisotopic (exact) mass is 284 g/mol. The van der Waals surface area contributed by atoms with Gasteiger partial charge in [0, 0.05) is 45.8 Å². The van der Waals surface area contributed by atoms with Crippen LogP contribution in [0.5, 0.6) is 0 Å². The third-order valence-corrected chi connectivity index (χ3v) is 4.18. The summed E-state index contributed by atoms with van der Waals surface area (Å²) in [6.45, 7) is 4.94. The van der Waals surface area contributed by atoms with Crippen molar-refractivity contribution in [2.24, 2.45) is 11.7 Å². The summed E-state index contributed by atoms with van der Waals surface area (Å²) in [5.41, 5.74) is 5.29. The first-order valence-corrected chi connectivity index (χ1v) is 7.28. The minimum atomic E-state index is -0.435. The van der Waals surface area contributed by atoms with Crippen LogP contribution in [-0.2, 0) is 4.79 Å². The van der Waals surface area contributed by atoms with Crippen LogP contribution in [0.25, 0.3) is 0 Å². The number of aliphatic hydroxyl groups excluding tert-OH is 1. The quantitative estimate of drug-likeness (QED) is 0.689. The van der Waals surface area contributed by atoms with Crippen molar-refractivity contribution in [3.05, 3.63) is 0 Å². The smallest absolute Gasteiger partial charge is 0.314 e. The second-order valence-electron chi connectivity index (χ2n) is 5.51. The number of amides is 3. The Morgan fingerprint density at radius 3 is 2.40 bits per heavy atom. The van der Waals surface area contributed by atoms with Crippen LogP contribution in [0.3, 0.4) is 0 Å². The predicted octanol–water partition coefficient (Wildman–Crippen LogP) is -1.09. The van der Waals surface area contributed by atoms with Gasteiger partial charge in [-0.15, -0.1) is 0 Å². The van der Waals surface area contributed by atoms with E-state index in [2.05, 4.69) is 4.90 Å². The maximum Gasteiger partial charge on any atom is 0.314 e. The Morgan fingerprint density at radius 2 is 1.80 bits per heavy atom. The number of aliphatic hydroxyl groups is 1. The lowest BCUT2D eigenvalue weighted by Gasteiger charge is -2.38. The average Bonchev–Trinajstić information content (AvgIpc) is 2.48. The van der Waals surface area contributed by atoms with E-state index in [0.717, 1.165) is 25.9 Å². The Labute approximate surface area is 119 Å². The molecule has 7 nitrogen and oxygen atoms in total. The zero-order valence-corrected chi connectivity index (χ0v) is 11.8. The summed E-state index contributed by atoms with van der Waals surface area (Å²) in [7, 11) is 0. The number of likely N-dealkylation sites (tertiary alicyclic amines) is 1. The highest BCUT2D eigenvalue weighted by atomic mass is 16.3. The summed E-state index contributed by atoms with van der Waals surface area (Å²) in [5.74, 6) is 0.0280. The van der Waals surface area contributed by atoms with E-state index in [-0.39, 0.29) is 18.4 Å². The molecular formula is C13H24N4O3. The van der Waals surface area contributed by atoms with Crippen LogP contribution in [0.1, 0.15) is 12.8 Å². The van der Waals surface area contributed by atoms with Crippen molar-refractivity contribution in [3.8, 4) is 0 Å². The third-order valence-electron chi connectivity index (χ3n) is 4.18. The normalized spacial score (nSPS) is 24.8. The van der Waals surface area contributed by atoms with E-state index < -0.39 is 6.03 Å². The number of urea groups is 1. The summed E-state index contributed by atoms with van der Waals surface area (Å²) in [6.07, 6.45) is 1.67. The van der Waals surface area contributed by atoms with Crippen LogP contribution in [-0.4, -0.2) is 84.2 Å². The first-order chi connectivity index (χ1) is 9.61. The topological polar surface area (TPSA) is 90.1 Å². The number of rotatable bonds is 3. The fraction of sp³-hybridized carbons (Fsp3) is 0.846. The number of carbonyl (C=O) groups excluding carboxylic acids is 2. The molecule has 3 N–H and O–H groups in total. The molecule has 2 heterocycles. The molecule has 0 spiro atoms. The number of carbonyl (C=O) groups is 2. The van der Waals surface area contributed by atoms with E-state index >= 15 is 0 Å². The highest BCUT2D eigenvalue weighted by Gasteiger charge is 2.31. The molecule has 0 saturated carbocycles. The highest BCUT2D eigenvalue weighted by Crippen LogP contribution is 2.19. The Morgan fingerprint density at radius 1 is 1.10 bits per heavy atom. The van der Waals surface area contributed by atoms with Gasteiger partial charge in [-0.05, 0) is 12.8 Å². The predicted molar refractivity (Wildman–Crippen MR) is 74.0 cm³/mol. The van der Waals surface area contributed by atoms with Crippen LogP contribution < -0.4 is 5.73 Å². The molecule has 0 radical (unpaired) electrons. The molecule has 0 aliphatic carbocycles. The first kappa shape index (κ1) is 15.1. The molecule has 0 bridgehead atoms. The minimum absolute atomic E-state index is 0.111. The second-order valence-corrected chi connectivity index (χ2v) is 5.51. The molecule has 1 unspecified atom stereocenters. The van der Waals surface area contributed by atoms with Crippen LogP contribution in [0, 0.1) is 5.92 Å². The molecule has 20 heavy (non-hydrogen) atoms. The summed E-state index contributed by atoms with van der Waals surface area (Å²) < 4.78 is 0. The first-order valence-electron chi connectivity index (χ1n) is 7.28. The fourth-order valence-corrected chi connectivity index (χ4v) is 2.97. The molecule has 2 fully saturated rings. The SMILES string of the molecule is NC(=O)N1CCCC(C(=O)N2CCN(CCO)CC2)C1. The number of nitrogens with two attached hydrogens (primary N) is 1. The lowest BCUT2D eigenvalue weighted by molar-refractivity contribution is -0.138. The molecule has 2 saturated heterocycles. The Kier molecular flexibility index (Phi) is 5.19. The van der Waals surface area contributed by atoms with Crippen LogP contribution in [0.2, 0.25) is 0 Å². The van der Waals surface area contributed by atoms with Gasteiger partial charge in [0.1, 0.15) is 0 Å². The molecule has 7 heteroatoms. The molecule has 1 atom stereocenters. The molecule has 0 aromatic carbocycles. The van der Waals surface area contributed by atoms with E-state index in [9.17, 15) is 9.59 Å². The molecule has 0 aromatic rings. The molecular weight excluding hydrogens is 260 g/mol. The highest BCUT2D eigenvalue weighted by molar-refractivity contribution is 5.80. The number of β-amino-alcohol motifs (C(OH)–C–C–N with tert-alkyl or cyclic N) is 1. The average molecular weight is 284 g/mol. The molecule has 114 valence electrons. The maximum atomic E-state index is 12.5. The lowest BCUT2D eigenvalue weighted by Crippen LogP contribution is -2.53. The number of primary amides is 1. The summed E-state index contributed by atoms with van der Waals surface area (Å²) in [6, 6.07) is -0.435. The second kappa shape index (κ2) is 6.90.